The van der Waals surface area contributed by atoms with Gasteiger partial charge in [0, 0.05) is 39.8 Å². The average molecular weight is 390 g/mol. The van der Waals surface area contributed by atoms with Gasteiger partial charge in [0.15, 0.2) is 0 Å². The number of morpholine rings is 1. The van der Waals surface area contributed by atoms with E-state index in [9.17, 15) is 4.79 Å². The third-order valence-corrected chi connectivity index (χ3v) is 5.54. The van der Waals surface area contributed by atoms with E-state index in [1.165, 1.54) is 12.8 Å². The minimum atomic E-state index is 0.000980. The number of hydrogen-bond acceptors (Lipinski definition) is 3. The fraction of sp³-hybridized carbons (Fsp3) is 0.722. The van der Waals surface area contributed by atoms with Crippen LogP contribution in [0.2, 0.25) is 10.2 Å². The Morgan fingerprint density at radius 2 is 1.92 bits per heavy atom. The molecule has 0 bridgehead atoms. The van der Waals surface area contributed by atoms with Crippen molar-refractivity contribution in [3.63, 3.8) is 0 Å². The molecule has 1 aliphatic rings. The van der Waals surface area contributed by atoms with Crippen LogP contribution in [0.1, 0.15) is 43.1 Å². The highest BCUT2D eigenvalue weighted by molar-refractivity contribution is 6.41. The van der Waals surface area contributed by atoms with Crippen LogP contribution in [0.25, 0.3) is 0 Å². The predicted octanol–water partition coefficient (Wildman–Crippen LogP) is 3.69. The molecule has 1 aromatic heterocycles. The number of ether oxygens (including phenoxy) is 1. The smallest absolute Gasteiger partial charge is 0.270 e. The Kier molecular flexibility index (Phi) is 8.56. The molecule has 2 heterocycles. The molecule has 0 N–H and O–H groups in total. The highest BCUT2D eigenvalue weighted by Gasteiger charge is 2.22. The lowest BCUT2D eigenvalue weighted by Gasteiger charge is -2.30. The van der Waals surface area contributed by atoms with E-state index in [0.29, 0.717) is 22.4 Å². The number of carbonyl (C=O) groups is 1. The largest absolute Gasteiger partial charge is 0.379 e. The van der Waals surface area contributed by atoms with Crippen molar-refractivity contribution in [3.05, 3.63) is 21.9 Å². The van der Waals surface area contributed by atoms with Crippen molar-refractivity contribution in [1.82, 2.24) is 14.4 Å². The number of rotatable bonds is 9. The third kappa shape index (κ3) is 5.88. The summed E-state index contributed by atoms with van der Waals surface area (Å²) in [6, 6.07) is 1.67. The Hall–Kier alpha value is -0.750. The molecule has 1 amide bonds. The fourth-order valence-electron chi connectivity index (χ4n) is 3.04. The fourth-order valence-corrected chi connectivity index (χ4v) is 3.42. The monoisotopic (exact) mass is 389 g/mol. The van der Waals surface area contributed by atoms with E-state index in [4.69, 9.17) is 27.9 Å². The molecule has 7 heteroatoms. The minimum Gasteiger partial charge on any atom is -0.379 e. The van der Waals surface area contributed by atoms with Gasteiger partial charge in [-0.1, -0.05) is 49.4 Å². The highest BCUT2D eigenvalue weighted by Crippen LogP contribution is 2.26. The molecule has 1 aromatic rings. The van der Waals surface area contributed by atoms with Gasteiger partial charge in [-0.2, -0.15) is 0 Å². The molecule has 0 saturated carbocycles. The zero-order chi connectivity index (χ0) is 18.2. The first-order valence-corrected chi connectivity index (χ1v) is 9.90. The number of hydrogen-bond donors (Lipinski definition) is 0. The van der Waals surface area contributed by atoms with Gasteiger partial charge in [0.2, 0.25) is 0 Å². The number of aromatic nitrogens is 1. The third-order valence-electron chi connectivity index (χ3n) is 4.69. The van der Waals surface area contributed by atoms with Crippen molar-refractivity contribution in [3.8, 4) is 0 Å². The number of unbranched alkanes of at least 4 members (excludes halogenated alkanes) is 3. The van der Waals surface area contributed by atoms with Gasteiger partial charge in [0.05, 0.1) is 18.2 Å². The summed E-state index contributed by atoms with van der Waals surface area (Å²) in [5.41, 5.74) is 0.549. The zero-order valence-corrected chi connectivity index (χ0v) is 16.8. The molecule has 0 aliphatic carbocycles. The Bertz CT molecular complexity index is 557. The van der Waals surface area contributed by atoms with Crippen LogP contribution in [0.15, 0.2) is 6.07 Å². The lowest BCUT2D eigenvalue weighted by Crippen LogP contribution is -2.43. The van der Waals surface area contributed by atoms with Crippen LogP contribution in [0.4, 0.5) is 0 Å². The van der Waals surface area contributed by atoms with Crippen molar-refractivity contribution >= 4 is 29.1 Å². The molecule has 5 nitrogen and oxygen atoms in total. The Morgan fingerprint density at radius 3 is 2.52 bits per heavy atom. The Balaban J connectivity index is 2.00. The molecule has 142 valence electrons. The van der Waals surface area contributed by atoms with Gasteiger partial charge in [0.25, 0.3) is 5.91 Å². The van der Waals surface area contributed by atoms with Gasteiger partial charge in [-0.3, -0.25) is 9.69 Å². The maximum atomic E-state index is 13.0. The summed E-state index contributed by atoms with van der Waals surface area (Å²) in [4.78, 5) is 17.3. The van der Waals surface area contributed by atoms with Crippen molar-refractivity contribution in [1.29, 1.82) is 0 Å². The van der Waals surface area contributed by atoms with E-state index < -0.39 is 0 Å². The van der Waals surface area contributed by atoms with Crippen molar-refractivity contribution in [2.24, 2.45) is 7.05 Å². The van der Waals surface area contributed by atoms with E-state index >= 15 is 0 Å². The minimum absolute atomic E-state index is 0.000980. The van der Waals surface area contributed by atoms with Crippen molar-refractivity contribution in [2.45, 2.75) is 32.6 Å². The first-order chi connectivity index (χ1) is 12.0. The molecule has 0 aromatic carbocycles. The molecule has 1 saturated heterocycles. The summed E-state index contributed by atoms with van der Waals surface area (Å²) in [6.07, 6.45) is 4.55. The molecule has 0 spiro atoms. The van der Waals surface area contributed by atoms with Crippen LogP contribution < -0.4 is 0 Å². The topological polar surface area (TPSA) is 37.7 Å². The van der Waals surface area contributed by atoms with Crippen LogP contribution in [-0.4, -0.2) is 66.2 Å². The number of amides is 1. The summed E-state index contributed by atoms with van der Waals surface area (Å²) >= 11 is 12.2. The van der Waals surface area contributed by atoms with Gasteiger partial charge in [0.1, 0.15) is 10.8 Å². The average Bonchev–Trinajstić information content (AvgIpc) is 2.89. The summed E-state index contributed by atoms with van der Waals surface area (Å²) in [6.45, 7) is 7.94. The second kappa shape index (κ2) is 10.4. The summed E-state index contributed by atoms with van der Waals surface area (Å²) in [5, 5.41) is 0.829. The summed E-state index contributed by atoms with van der Waals surface area (Å²) in [7, 11) is 1.78. The van der Waals surface area contributed by atoms with E-state index in [2.05, 4.69) is 11.8 Å². The quantitative estimate of drug-likeness (QED) is 0.604. The number of nitrogens with zero attached hydrogens (tertiary/aromatic N) is 3. The second-order valence-electron chi connectivity index (χ2n) is 6.53. The molecule has 2 rings (SSSR count). The van der Waals surface area contributed by atoms with Gasteiger partial charge in [-0.05, 0) is 12.5 Å². The first-order valence-electron chi connectivity index (χ1n) is 9.14. The lowest BCUT2D eigenvalue weighted by molar-refractivity contribution is 0.0323. The second-order valence-corrected chi connectivity index (χ2v) is 7.30. The molecule has 1 fully saturated rings. The van der Waals surface area contributed by atoms with E-state index in [0.717, 1.165) is 52.2 Å². The van der Waals surface area contributed by atoms with Gasteiger partial charge < -0.3 is 14.2 Å². The van der Waals surface area contributed by atoms with Gasteiger partial charge >= 0.3 is 0 Å². The standard InChI is InChI=1S/C18H29Cl2N3O2/c1-3-4-5-6-7-23(9-8-22-10-12-25-13-11-22)18(24)16-14-15(19)17(20)21(16)2/h14H,3-13H2,1-2H3. The van der Waals surface area contributed by atoms with E-state index in [-0.39, 0.29) is 5.91 Å². The van der Waals surface area contributed by atoms with Crippen molar-refractivity contribution in [2.75, 3.05) is 45.9 Å². The Morgan fingerprint density at radius 1 is 1.20 bits per heavy atom. The molecule has 0 radical (unpaired) electrons. The number of carbonyl (C=O) groups excluding carboxylic acids is 1. The zero-order valence-electron chi connectivity index (χ0n) is 15.3. The van der Waals surface area contributed by atoms with Crippen molar-refractivity contribution < 1.29 is 9.53 Å². The van der Waals surface area contributed by atoms with Crippen LogP contribution in [0.3, 0.4) is 0 Å². The molecular formula is C18H29Cl2N3O2. The SMILES string of the molecule is CCCCCCN(CCN1CCOCC1)C(=O)c1cc(Cl)c(Cl)n1C. The lowest BCUT2D eigenvalue weighted by atomic mass is 10.2. The van der Waals surface area contributed by atoms with Crippen LogP contribution >= 0.6 is 23.2 Å². The highest BCUT2D eigenvalue weighted by atomic mass is 35.5. The Labute approximate surface area is 160 Å². The van der Waals surface area contributed by atoms with Crippen LogP contribution in [0.5, 0.6) is 0 Å². The van der Waals surface area contributed by atoms with E-state index in [1.807, 2.05) is 4.90 Å². The maximum Gasteiger partial charge on any atom is 0.270 e. The first kappa shape index (κ1) is 20.6. The van der Waals surface area contributed by atoms with Gasteiger partial charge in [-0.15, -0.1) is 0 Å². The molecule has 0 unspecified atom stereocenters. The van der Waals surface area contributed by atoms with E-state index in [1.54, 1.807) is 17.7 Å². The summed E-state index contributed by atoms with van der Waals surface area (Å²) < 4.78 is 7.06. The molecule has 25 heavy (non-hydrogen) atoms. The molecule has 1 aliphatic heterocycles. The van der Waals surface area contributed by atoms with Crippen LogP contribution in [0, 0.1) is 0 Å². The van der Waals surface area contributed by atoms with Crippen LogP contribution in [-0.2, 0) is 11.8 Å². The predicted molar refractivity (Wildman–Crippen MR) is 103 cm³/mol. The maximum absolute atomic E-state index is 13.0. The van der Waals surface area contributed by atoms with Gasteiger partial charge in [-0.25, -0.2) is 0 Å². The summed E-state index contributed by atoms with van der Waals surface area (Å²) in [5.74, 6) is 0.000980. The molecule has 0 atom stereocenters. The number of halogens is 2. The molecular weight excluding hydrogens is 361 g/mol. The normalized spacial score (nSPS) is 15.5.